The SMILES string of the molecule is CC=[N+]1CCc2c(COC(=O)c3ccc(N(C)C)cc3)c(OC)c(OC)c3c2C1Cc1ccc(OC)c(c1)Oc1ccc(cc1)CC1c2cc(c(OC)cc2CCN1C)O3. The molecule has 0 saturated heterocycles. The van der Waals surface area contributed by atoms with E-state index < -0.39 is 5.97 Å². The molecular weight excluding hydrogens is 759 g/mol. The Morgan fingerprint density at radius 3 is 2.22 bits per heavy atom. The van der Waals surface area contributed by atoms with Gasteiger partial charge in [0.2, 0.25) is 5.75 Å². The number of fused-ring (bicyclic) bond motifs is 2. The number of anilines is 1. The maximum absolute atomic E-state index is 13.6. The highest BCUT2D eigenvalue weighted by Crippen LogP contribution is 2.53. The highest BCUT2D eigenvalue weighted by Gasteiger charge is 2.41. The summed E-state index contributed by atoms with van der Waals surface area (Å²) in [6.45, 7) is 3.64. The molecule has 5 aromatic rings. The first-order valence-electron chi connectivity index (χ1n) is 20.5. The zero-order valence-electron chi connectivity index (χ0n) is 35.8. The monoisotopic (exact) mass is 812 g/mol. The molecule has 0 spiro atoms. The summed E-state index contributed by atoms with van der Waals surface area (Å²) in [4.78, 5) is 18.0. The van der Waals surface area contributed by atoms with E-state index >= 15 is 0 Å². The van der Waals surface area contributed by atoms with Crippen molar-refractivity contribution in [3.05, 3.63) is 123 Å². The van der Waals surface area contributed by atoms with Gasteiger partial charge in [-0.1, -0.05) is 18.2 Å². The number of hydrogen-bond acceptors (Lipinski definition) is 10. The fraction of sp³-hybridized carbons (Fsp3) is 0.347. The molecular formula is C49H54N3O8+. The van der Waals surface area contributed by atoms with Crippen LogP contribution >= 0.6 is 0 Å². The Balaban J connectivity index is 1.33. The Kier molecular flexibility index (Phi) is 11.6. The van der Waals surface area contributed by atoms with Gasteiger partial charge in [0.05, 0.1) is 39.6 Å². The molecule has 2 unspecified atom stereocenters. The molecule has 2 atom stereocenters. The number of methoxy groups -OCH3 is 4. The van der Waals surface area contributed by atoms with Crippen LogP contribution in [0, 0.1) is 0 Å². The van der Waals surface area contributed by atoms with Crippen molar-refractivity contribution in [2.75, 3.05) is 67.6 Å². The first-order chi connectivity index (χ1) is 29.1. The van der Waals surface area contributed by atoms with Gasteiger partial charge in [-0.2, -0.15) is 0 Å². The maximum Gasteiger partial charge on any atom is 0.338 e. The Morgan fingerprint density at radius 2 is 1.53 bits per heavy atom. The summed E-state index contributed by atoms with van der Waals surface area (Å²) in [5.74, 6) is 4.15. The van der Waals surface area contributed by atoms with Gasteiger partial charge in [0, 0.05) is 57.7 Å². The van der Waals surface area contributed by atoms with E-state index in [0.717, 1.165) is 53.1 Å². The van der Waals surface area contributed by atoms with Crippen LogP contribution in [0.15, 0.2) is 78.9 Å². The van der Waals surface area contributed by atoms with Gasteiger partial charge in [-0.05, 0) is 108 Å². The third kappa shape index (κ3) is 7.70. The van der Waals surface area contributed by atoms with Crippen LogP contribution in [0.4, 0.5) is 5.69 Å². The molecule has 6 bridgehead atoms. The van der Waals surface area contributed by atoms with Crippen molar-refractivity contribution >= 4 is 17.9 Å². The van der Waals surface area contributed by atoms with E-state index in [1.54, 1.807) is 40.6 Å². The normalized spacial score (nSPS) is 17.6. The standard InChI is InChI=1S/C49H54N3O8/c1-9-52-23-21-36-38(29-58-49(53)32-13-15-34(16-14-32)50(2)3)46(56-7)48(57-8)47-45(36)40(52)25-31-12-19-41(54-5)43(26-31)59-35-17-10-30(11-18-35)24-39-37-28-44(60-47)42(55-6)27-33(37)20-22-51(39)4/h9-19,26-28,39-40H,20-25,29H2,1-8H3/q+1. The largest absolute Gasteiger partial charge is 0.493 e. The number of ether oxygens (including phenoxy) is 7. The van der Waals surface area contributed by atoms with Crippen molar-refractivity contribution in [1.29, 1.82) is 0 Å². The summed E-state index contributed by atoms with van der Waals surface area (Å²) < 4.78 is 46.6. The van der Waals surface area contributed by atoms with Crippen molar-refractivity contribution < 1.29 is 42.5 Å². The number of carbonyl (C=O) groups is 1. The summed E-state index contributed by atoms with van der Waals surface area (Å²) in [5.41, 5.74) is 8.71. The van der Waals surface area contributed by atoms with Gasteiger partial charge in [0.15, 0.2) is 40.5 Å². The van der Waals surface area contributed by atoms with Crippen LogP contribution in [-0.4, -0.2) is 84.3 Å². The molecule has 4 aliphatic heterocycles. The van der Waals surface area contributed by atoms with Gasteiger partial charge in [-0.25, -0.2) is 9.37 Å². The lowest BCUT2D eigenvalue weighted by molar-refractivity contribution is -0.572. The van der Waals surface area contributed by atoms with E-state index in [0.29, 0.717) is 65.2 Å². The average molecular weight is 813 g/mol. The van der Waals surface area contributed by atoms with Crippen molar-refractivity contribution in [1.82, 2.24) is 4.90 Å². The van der Waals surface area contributed by atoms with Gasteiger partial charge in [0.1, 0.15) is 25.1 Å². The number of benzene rings is 5. The lowest BCUT2D eigenvalue weighted by Crippen LogP contribution is -2.33. The summed E-state index contributed by atoms with van der Waals surface area (Å²) in [5, 5.41) is 0. The molecule has 0 amide bonds. The molecule has 9 rings (SSSR count). The molecule has 4 aliphatic rings. The quantitative estimate of drug-likeness (QED) is 0.112. The second-order valence-electron chi connectivity index (χ2n) is 15.7. The molecule has 0 aliphatic carbocycles. The summed E-state index contributed by atoms with van der Waals surface area (Å²) in [7, 11) is 12.7. The predicted molar refractivity (Wildman–Crippen MR) is 232 cm³/mol. The van der Waals surface area contributed by atoms with E-state index in [1.807, 2.05) is 49.3 Å². The maximum atomic E-state index is 13.6. The van der Waals surface area contributed by atoms with Crippen LogP contribution in [-0.2, 0) is 37.0 Å². The van der Waals surface area contributed by atoms with E-state index in [4.69, 9.17) is 33.2 Å². The average Bonchev–Trinajstić information content (AvgIpc) is 3.26. The zero-order chi connectivity index (χ0) is 42.1. The number of rotatable bonds is 8. The van der Waals surface area contributed by atoms with Crippen LogP contribution in [0.3, 0.4) is 0 Å². The molecule has 0 fully saturated rings. The van der Waals surface area contributed by atoms with E-state index in [9.17, 15) is 4.79 Å². The number of carbonyl (C=O) groups excluding carboxylic acids is 1. The number of esters is 1. The van der Waals surface area contributed by atoms with Crippen LogP contribution in [0.5, 0.6) is 46.0 Å². The van der Waals surface area contributed by atoms with Crippen molar-refractivity contribution in [2.24, 2.45) is 0 Å². The Bertz CT molecular complexity index is 2430. The van der Waals surface area contributed by atoms with Gasteiger partial charge in [-0.15, -0.1) is 0 Å². The molecule has 312 valence electrons. The van der Waals surface area contributed by atoms with E-state index in [2.05, 4.69) is 66.1 Å². The van der Waals surface area contributed by atoms with Crippen LogP contribution in [0.1, 0.15) is 68.3 Å². The second-order valence-corrected chi connectivity index (χ2v) is 15.7. The third-order valence-electron chi connectivity index (χ3n) is 12.2. The highest BCUT2D eigenvalue weighted by atomic mass is 16.6. The molecule has 60 heavy (non-hydrogen) atoms. The highest BCUT2D eigenvalue weighted by molar-refractivity contribution is 5.90. The van der Waals surface area contributed by atoms with Gasteiger partial charge in [0.25, 0.3) is 0 Å². The van der Waals surface area contributed by atoms with Crippen molar-refractivity contribution in [3.8, 4) is 46.0 Å². The third-order valence-corrected chi connectivity index (χ3v) is 12.2. The molecule has 4 heterocycles. The summed E-state index contributed by atoms with van der Waals surface area (Å²) in [6.07, 6.45) is 5.01. The van der Waals surface area contributed by atoms with Gasteiger partial charge >= 0.3 is 5.97 Å². The predicted octanol–water partition coefficient (Wildman–Crippen LogP) is 8.76. The smallest absolute Gasteiger partial charge is 0.338 e. The van der Waals surface area contributed by atoms with Gasteiger partial charge < -0.3 is 38.1 Å². The van der Waals surface area contributed by atoms with E-state index in [1.165, 1.54) is 16.7 Å². The van der Waals surface area contributed by atoms with Crippen LogP contribution in [0.2, 0.25) is 0 Å². The number of likely N-dealkylation sites (N-methyl/N-ethyl adjacent to an activating group) is 1. The van der Waals surface area contributed by atoms with Crippen molar-refractivity contribution in [2.45, 2.75) is 51.3 Å². The number of nitrogens with zero attached hydrogens (tertiary/aromatic N) is 3. The van der Waals surface area contributed by atoms with Crippen LogP contribution in [0.25, 0.3) is 0 Å². The Hall–Kier alpha value is -6.20. The molecule has 11 heteroatoms. The lowest BCUT2D eigenvalue weighted by atomic mass is 9.85. The second kappa shape index (κ2) is 17.2. The minimum absolute atomic E-state index is 0.0336. The van der Waals surface area contributed by atoms with E-state index in [-0.39, 0.29) is 18.7 Å². The van der Waals surface area contributed by atoms with Crippen molar-refractivity contribution in [3.63, 3.8) is 0 Å². The fourth-order valence-corrected chi connectivity index (χ4v) is 8.94. The van der Waals surface area contributed by atoms with Gasteiger partial charge in [-0.3, -0.25) is 4.90 Å². The topological polar surface area (TPSA) is 91.2 Å². The minimum atomic E-state index is -0.432. The Labute approximate surface area is 352 Å². The summed E-state index contributed by atoms with van der Waals surface area (Å²) >= 11 is 0. The molecule has 11 nitrogen and oxygen atoms in total. The zero-order valence-corrected chi connectivity index (χ0v) is 35.8. The minimum Gasteiger partial charge on any atom is -0.493 e. The summed E-state index contributed by atoms with van der Waals surface area (Å²) in [6, 6.07) is 25.9. The molecule has 0 saturated carbocycles. The molecule has 0 N–H and O–H groups in total. The fourth-order valence-electron chi connectivity index (χ4n) is 8.94. The Morgan fingerprint density at radius 1 is 0.817 bits per heavy atom. The lowest BCUT2D eigenvalue weighted by Gasteiger charge is -2.36. The first kappa shape index (κ1) is 40.6. The van der Waals surface area contributed by atoms with Crippen LogP contribution < -0.4 is 33.3 Å². The number of hydrogen-bond donors (Lipinski definition) is 0. The molecule has 0 aromatic heterocycles. The molecule has 5 aromatic carbocycles. The first-order valence-corrected chi connectivity index (χ1v) is 20.5. The molecule has 0 radical (unpaired) electrons.